The average molecular weight is 181 g/mol. The minimum atomic E-state index is -0.820. The second kappa shape index (κ2) is 2.87. The third-order valence-electron chi connectivity index (χ3n) is 0.583. The third kappa shape index (κ3) is 2.12. The van der Waals surface area contributed by atoms with E-state index in [4.69, 9.17) is 5.11 Å². The van der Waals surface area contributed by atoms with Crippen LogP contribution in [0.2, 0.25) is 0 Å². The van der Waals surface area contributed by atoms with Gasteiger partial charge >= 0.3 is 0 Å². The predicted molar refractivity (Wildman–Crippen MR) is 34.5 cm³/mol. The van der Waals surface area contributed by atoms with Gasteiger partial charge in [-0.3, -0.25) is 0 Å². The minimum absolute atomic E-state index is 0.352. The van der Waals surface area contributed by atoms with Gasteiger partial charge < -0.3 is 5.11 Å². The minimum Gasteiger partial charge on any atom is -0.504 e. The zero-order valence-electron chi connectivity index (χ0n) is 4.41. The van der Waals surface area contributed by atoms with Crippen molar-refractivity contribution in [2.45, 2.75) is 6.92 Å². The van der Waals surface area contributed by atoms with Gasteiger partial charge in [0.15, 0.2) is 11.6 Å². The number of aliphatic hydroxyl groups is 1. The number of halogens is 2. The number of aliphatic hydroxyl groups excluding tert-OH is 1. The number of allylic oxidation sites excluding steroid dienone is 2. The molecule has 3 heteroatoms. The van der Waals surface area contributed by atoms with E-state index >= 15 is 0 Å². The number of hydrogen-bond donors (Lipinski definition) is 1. The molecule has 0 radical (unpaired) electrons. The summed E-state index contributed by atoms with van der Waals surface area (Å²) < 4.78 is 12.2. The van der Waals surface area contributed by atoms with Crippen LogP contribution in [0.1, 0.15) is 6.92 Å². The van der Waals surface area contributed by atoms with Crippen LogP contribution in [0, 0.1) is 0 Å². The maximum absolute atomic E-state index is 11.8. The van der Waals surface area contributed by atoms with Gasteiger partial charge in [0.25, 0.3) is 0 Å². The lowest BCUT2D eigenvalue weighted by molar-refractivity contribution is 0.388. The molecule has 0 unspecified atom stereocenters. The largest absolute Gasteiger partial charge is 0.504 e. The van der Waals surface area contributed by atoms with E-state index in [-0.39, 0.29) is 0 Å². The molecule has 0 aliphatic carbocycles. The first-order valence-corrected chi connectivity index (χ1v) is 2.75. The summed E-state index contributed by atoms with van der Waals surface area (Å²) in [6.07, 6.45) is 0. The Balaban J connectivity index is 4.23. The highest BCUT2D eigenvalue weighted by Gasteiger charge is 1.98. The van der Waals surface area contributed by atoms with Gasteiger partial charge in [-0.25, -0.2) is 4.39 Å². The summed E-state index contributed by atoms with van der Waals surface area (Å²) in [5.41, 5.74) is 0. The first kappa shape index (κ1) is 7.69. The van der Waals surface area contributed by atoms with Crippen LogP contribution >= 0.6 is 15.9 Å². The summed E-state index contributed by atoms with van der Waals surface area (Å²) in [6, 6.07) is 0. The molecule has 0 bridgehead atoms. The Hall–Kier alpha value is -0.310. The highest BCUT2D eigenvalue weighted by Crippen LogP contribution is 2.14. The van der Waals surface area contributed by atoms with Gasteiger partial charge in [0, 0.05) is 4.48 Å². The Kier molecular flexibility index (Phi) is 2.76. The molecule has 0 rings (SSSR count). The molecule has 0 saturated heterocycles. The fraction of sp³-hybridized carbons (Fsp3) is 0.200. The molecular formula is C5H6BrFO. The molecule has 0 aliphatic heterocycles. The Bertz CT molecular complexity index is 135. The maximum Gasteiger partial charge on any atom is 0.160 e. The molecule has 8 heavy (non-hydrogen) atoms. The van der Waals surface area contributed by atoms with E-state index in [9.17, 15) is 4.39 Å². The van der Waals surface area contributed by atoms with Crippen molar-refractivity contribution in [2.24, 2.45) is 0 Å². The van der Waals surface area contributed by atoms with Crippen LogP contribution in [-0.2, 0) is 0 Å². The Labute approximate surface area is 55.6 Å². The molecule has 0 aromatic carbocycles. The summed E-state index contributed by atoms with van der Waals surface area (Å²) >= 11 is 2.87. The van der Waals surface area contributed by atoms with Gasteiger partial charge in [-0.2, -0.15) is 0 Å². The average Bonchev–Trinajstić information content (AvgIpc) is 1.64. The van der Waals surface area contributed by atoms with Crippen molar-refractivity contribution in [1.29, 1.82) is 0 Å². The fourth-order valence-electron chi connectivity index (χ4n) is 0.187. The van der Waals surface area contributed by atoms with Gasteiger partial charge in [-0.1, -0.05) is 22.5 Å². The van der Waals surface area contributed by atoms with Crippen molar-refractivity contribution in [1.82, 2.24) is 0 Å². The van der Waals surface area contributed by atoms with Gasteiger partial charge in [0.1, 0.15) is 0 Å². The highest BCUT2D eigenvalue weighted by atomic mass is 79.9. The smallest absolute Gasteiger partial charge is 0.160 e. The first-order valence-electron chi connectivity index (χ1n) is 1.96. The lowest BCUT2D eigenvalue weighted by Crippen LogP contribution is -1.79. The van der Waals surface area contributed by atoms with E-state index in [1.54, 1.807) is 0 Å². The van der Waals surface area contributed by atoms with Crippen LogP contribution < -0.4 is 0 Å². The molecule has 0 aliphatic rings. The monoisotopic (exact) mass is 180 g/mol. The Morgan fingerprint density at radius 3 is 2.12 bits per heavy atom. The predicted octanol–water partition coefficient (Wildman–Crippen LogP) is 2.65. The van der Waals surface area contributed by atoms with Crippen molar-refractivity contribution < 1.29 is 9.50 Å². The molecule has 0 atom stereocenters. The lowest BCUT2D eigenvalue weighted by atomic mass is 10.4. The van der Waals surface area contributed by atoms with Crippen LogP contribution in [-0.4, -0.2) is 5.11 Å². The van der Waals surface area contributed by atoms with Gasteiger partial charge in [0.2, 0.25) is 0 Å². The normalized spacial score (nSPS) is 12.9. The van der Waals surface area contributed by atoms with E-state index in [1.807, 2.05) is 0 Å². The van der Waals surface area contributed by atoms with Gasteiger partial charge in [0.05, 0.1) is 0 Å². The Morgan fingerprint density at radius 2 is 2.12 bits per heavy atom. The molecule has 0 aromatic rings. The summed E-state index contributed by atoms with van der Waals surface area (Å²) in [5.74, 6) is -1.25. The molecule has 0 spiro atoms. The molecule has 0 amide bonds. The summed E-state index contributed by atoms with van der Waals surface area (Å²) in [7, 11) is 0. The van der Waals surface area contributed by atoms with Gasteiger partial charge in [-0.05, 0) is 6.92 Å². The number of rotatable bonds is 1. The zero-order valence-corrected chi connectivity index (χ0v) is 6.00. The van der Waals surface area contributed by atoms with Crippen LogP contribution in [0.4, 0.5) is 4.39 Å². The molecule has 1 nitrogen and oxygen atoms in total. The van der Waals surface area contributed by atoms with Crippen LogP contribution in [0.3, 0.4) is 0 Å². The lowest BCUT2D eigenvalue weighted by Gasteiger charge is -1.92. The standard InChI is InChI=1S/C5H6BrFO/c1-3(6)5(8)4(2)7/h8H,2H2,1H3/b5-3-. The van der Waals surface area contributed by atoms with Crippen LogP contribution in [0.5, 0.6) is 0 Å². The quantitative estimate of drug-likeness (QED) is 0.486. The van der Waals surface area contributed by atoms with E-state index in [2.05, 4.69) is 22.5 Å². The van der Waals surface area contributed by atoms with Crippen molar-refractivity contribution in [2.75, 3.05) is 0 Å². The topological polar surface area (TPSA) is 20.2 Å². The Morgan fingerprint density at radius 1 is 1.75 bits per heavy atom. The van der Waals surface area contributed by atoms with Crippen molar-refractivity contribution in [3.8, 4) is 0 Å². The van der Waals surface area contributed by atoms with E-state index in [1.165, 1.54) is 6.92 Å². The van der Waals surface area contributed by atoms with Crippen molar-refractivity contribution in [3.63, 3.8) is 0 Å². The maximum atomic E-state index is 11.8. The molecule has 0 fully saturated rings. The first-order chi connectivity index (χ1) is 3.55. The fourth-order valence-corrected chi connectivity index (χ4v) is 0.402. The van der Waals surface area contributed by atoms with Crippen LogP contribution in [0.25, 0.3) is 0 Å². The summed E-state index contributed by atoms with van der Waals surface area (Å²) in [4.78, 5) is 0. The van der Waals surface area contributed by atoms with E-state index in [0.717, 1.165) is 0 Å². The number of hydrogen-bond acceptors (Lipinski definition) is 1. The molecule has 1 N–H and O–H groups in total. The van der Waals surface area contributed by atoms with E-state index in [0.29, 0.717) is 4.48 Å². The summed E-state index contributed by atoms with van der Waals surface area (Å²) in [5, 5.41) is 8.56. The second-order valence-corrected chi connectivity index (χ2v) is 2.48. The second-order valence-electron chi connectivity index (χ2n) is 1.29. The molecule has 0 saturated carbocycles. The SMILES string of the molecule is C=C(F)/C(O)=C(\C)Br. The zero-order chi connectivity index (χ0) is 6.73. The third-order valence-corrected chi connectivity index (χ3v) is 0.959. The molecule has 46 valence electrons. The molecule has 0 aromatic heterocycles. The van der Waals surface area contributed by atoms with Crippen molar-refractivity contribution in [3.05, 3.63) is 22.6 Å². The summed E-state index contributed by atoms with van der Waals surface area (Å²) in [6.45, 7) is 4.40. The van der Waals surface area contributed by atoms with Crippen molar-refractivity contribution >= 4 is 15.9 Å². The molecular weight excluding hydrogens is 175 g/mol. The highest BCUT2D eigenvalue weighted by molar-refractivity contribution is 9.11. The van der Waals surface area contributed by atoms with E-state index < -0.39 is 11.6 Å². The molecule has 0 heterocycles. The van der Waals surface area contributed by atoms with Crippen LogP contribution in [0.15, 0.2) is 22.6 Å². The van der Waals surface area contributed by atoms with Gasteiger partial charge in [-0.15, -0.1) is 0 Å².